The average molecular weight is 253 g/mol. The lowest BCUT2D eigenvalue weighted by Gasteiger charge is -2.30. The Labute approximate surface area is 105 Å². The van der Waals surface area contributed by atoms with Gasteiger partial charge in [0, 0.05) is 12.0 Å². The molecule has 0 bridgehead atoms. The summed E-state index contributed by atoms with van der Waals surface area (Å²) in [5.41, 5.74) is 0.718. The molecule has 1 amide bonds. The van der Waals surface area contributed by atoms with Gasteiger partial charge >= 0.3 is 0 Å². The molecule has 2 atom stereocenters. The summed E-state index contributed by atoms with van der Waals surface area (Å²) in [6, 6.07) is 6.91. The number of aliphatic hydroxyl groups excluding tert-OH is 1. The van der Waals surface area contributed by atoms with Crippen molar-refractivity contribution in [1.82, 2.24) is 5.32 Å². The highest BCUT2D eigenvalue weighted by Crippen LogP contribution is 2.31. The molecule has 0 aliphatic carbocycles. The number of aliphatic hydroxyl groups is 1. The number of nitrogens with one attached hydrogen (secondary N) is 1. The van der Waals surface area contributed by atoms with E-state index < -0.39 is 12.1 Å². The molecule has 1 aromatic rings. The van der Waals surface area contributed by atoms with Crippen LogP contribution in [0.5, 0.6) is 5.75 Å². The highest BCUT2D eigenvalue weighted by Gasteiger charge is 2.29. The minimum absolute atomic E-state index is 0.118. The van der Waals surface area contributed by atoms with Crippen molar-refractivity contribution in [3.05, 3.63) is 29.8 Å². The Morgan fingerprint density at radius 3 is 3.06 bits per heavy atom. The SMILES string of the molecule is O=C(CCS)NC1COc2ccccc2C1O. The van der Waals surface area contributed by atoms with Crippen LogP contribution in [0.2, 0.25) is 0 Å². The van der Waals surface area contributed by atoms with Crippen LogP contribution in [-0.2, 0) is 4.79 Å². The number of thiol groups is 1. The van der Waals surface area contributed by atoms with Gasteiger partial charge in [-0.3, -0.25) is 4.79 Å². The number of hydrogen-bond acceptors (Lipinski definition) is 4. The van der Waals surface area contributed by atoms with Gasteiger partial charge in [-0.05, 0) is 11.8 Å². The predicted octanol–water partition coefficient (Wildman–Crippen LogP) is 0.917. The fourth-order valence-electron chi connectivity index (χ4n) is 1.84. The third-order valence-electron chi connectivity index (χ3n) is 2.72. The Bertz CT molecular complexity index is 410. The van der Waals surface area contributed by atoms with Gasteiger partial charge in [0.05, 0.1) is 6.04 Å². The van der Waals surface area contributed by atoms with E-state index in [2.05, 4.69) is 17.9 Å². The maximum absolute atomic E-state index is 11.4. The molecule has 2 N–H and O–H groups in total. The minimum atomic E-state index is -0.719. The molecule has 1 aliphatic rings. The number of para-hydroxylation sites is 1. The van der Waals surface area contributed by atoms with Crippen molar-refractivity contribution in [3.8, 4) is 5.75 Å². The van der Waals surface area contributed by atoms with Gasteiger partial charge in [0.2, 0.25) is 5.91 Å². The number of amides is 1. The van der Waals surface area contributed by atoms with Gasteiger partial charge in [0.25, 0.3) is 0 Å². The molecule has 0 spiro atoms. The number of carbonyl (C=O) groups excluding carboxylic acids is 1. The lowest BCUT2D eigenvalue weighted by atomic mass is 9.99. The van der Waals surface area contributed by atoms with Crippen LogP contribution in [-0.4, -0.2) is 29.4 Å². The van der Waals surface area contributed by atoms with Crippen LogP contribution in [0.4, 0.5) is 0 Å². The predicted molar refractivity (Wildman–Crippen MR) is 67.3 cm³/mol. The van der Waals surface area contributed by atoms with Crippen molar-refractivity contribution in [2.45, 2.75) is 18.6 Å². The van der Waals surface area contributed by atoms with Gasteiger partial charge in [0.1, 0.15) is 18.5 Å². The highest BCUT2D eigenvalue weighted by molar-refractivity contribution is 7.80. The third-order valence-corrected chi connectivity index (χ3v) is 2.95. The van der Waals surface area contributed by atoms with Crippen molar-refractivity contribution < 1.29 is 14.6 Å². The van der Waals surface area contributed by atoms with E-state index in [0.717, 1.165) is 5.56 Å². The van der Waals surface area contributed by atoms with Gasteiger partial charge < -0.3 is 15.2 Å². The Morgan fingerprint density at radius 1 is 1.53 bits per heavy atom. The normalized spacial score (nSPS) is 22.5. The Morgan fingerprint density at radius 2 is 2.29 bits per heavy atom. The first-order valence-corrected chi connectivity index (χ1v) is 6.15. The van der Waals surface area contributed by atoms with Crippen LogP contribution >= 0.6 is 12.6 Å². The van der Waals surface area contributed by atoms with Crippen molar-refractivity contribution in [3.63, 3.8) is 0 Å². The number of carbonyl (C=O) groups is 1. The molecule has 4 nitrogen and oxygen atoms in total. The van der Waals surface area contributed by atoms with Crippen LogP contribution in [0.25, 0.3) is 0 Å². The van der Waals surface area contributed by atoms with E-state index in [1.54, 1.807) is 6.07 Å². The molecule has 5 heteroatoms. The van der Waals surface area contributed by atoms with Crippen molar-refractivity contribution in [2.24, 2.45) is 0 Å². The molecule has 1 aliphatic heterocycles. The molecular formula is C12H15NO3S. The second kappa shape index (κ2) is 5.42. The molecule has 1 aromatic carbocycles. The number of fused-ring (bicyclic) bond motifs is 1. The molecule has 0 radical (unpaired) electrons. The molecular weight excluding hydrogens is 238 g/mol. The van der Waals surface area contributed by atoms with Crippen molar-refractivity contribution >= 4 is 18.5 Å². The highest BCUT2D eigenvalue weighted by atomic mass is 32.1. The van der Waals surface area contributed by atoms with Gasteiger partial charge in [-0.2, -0.15) is 12.6 Å². The summed E-state index contributed by atoms with van der Waals surface area (Å²) in [4.78, 5) is 11.4. The Balaban J connectivity index is 2.07. The molecule has 0 aromatic heterocycles. The van der Waals surface area contributed by atoms with Crippen LogP contribution in [0.1, 0.15) is 18.1 Å². The minimum Gasteiger partial charge on any atom is -0.491 e. The van der Waals surface area contributed by atoms with Crippen LogP contribution in [0.15, 0.2) is 24.3 Å². The molecule has 0 fully saturated rings. The lowest BCUT2D eigenvalue weighted by Crippen LogP contribution is -2.45. The second-order valence-electron chi connectivity index (χ2n) is 3.94. The Kier molecular flexibility index (Phi) is 3.91. The summed E-state index contributed by atoms with van der Waals surface area (Å²) in [7, 11) is 0. The van der Waals surface area contributed by atoms with E-state index in [0.29, 0.717) is 17.9 Å². The van der Waals surface area contributed by atoms with Gasteiger partial charge in [-0.15, -0.1) is 0 Å². The van der Waals surface area contributed by atoms with E-state index in [9.17, 15) is 9.90 Å². The topological polar surface area (TPSA) is 58.6 Å². The number of benzene rings is 1. The van der Waals surface area contributed by atoms with E-state index in [4.69, 9.17) is 4.74 Å². The maximum atomic E-state index is 11.4. The van der Waals surface area contributed by atoms with Crippen LogP contribution in [0.3, 0.4) is 0 Å². The maximum Gasteiger partial charge on any atom is 0.221 e. The summed E-state index contributed by atoms with van der Waals surface area (Å²) in [6.45, 7) is 0.288. The average Bonchev–Trinajstić information content (AvgIpc) is 2.33. The molecule has 92 valence electrons. The van der Waals surface area contributed by atoms with Gasteiger partial charge in [0.15, 0.2) is 0 Å². The van der Waals surface area contributed by atoms with Crippen molar-refractivity contribution in [2.75, 3.05) is 12.4 Å². The summed E-state index contributed by atoms with van der Waals surface area (Å²) in [6.07, 6.45) is -0.377. The van der Waals surface area contributed by atoms with Gasteiger partial charge in [-0.1, -0.05) is 18.2 Å². The molecule has 1 heterocycles. The van der Waals surface area contributed by atoms with E-state index >= 15 is 0 Å². The summed E-state index contributed by atoms with van der Waals surface area (Å²) in [5.74, 6) is 1.05. The fraction of sp³-hybridized carbons (Fsp3) is 0.417. The van der Waals surface area contributed by atoms with E-state index in [-0.39, 0.29) is 12.5 Å². The van der Waals surface area contributed by atoms with Gasteiger partial charge in [-0.25, -0.2) is 0 Å². The zero-order chi connectivity index (χ0) is 12.3. The van der Waals surface area contributed by atoms with E-state index in [1.165, 1.54) is 0 Å². The van der Waals surface area contributed by atoms with E-state index in [1.807, 2.05) is 18.2 Å². The standard InChI is InChI=1S/C12H15NO3S/c14-11(5-6-17)13-9-7-16-10-4-2-1-3-8(10)12(9)15/h1-4,9,12,15,17H,5-7H2,(H,13,14). The Hall–Kier alpha value is -1.20. The third kappa shape index (κ3) is 2.73. The lowest BCUT2D eigenvalue weighted by molar-refractivity contribution is -0.122. The van der Waals surface area contributed by atoms with Crippen LogP contribution < -0.4 is 10.1 Å². The van der Waals surface area contributed by atoms with Crippen molar-refractivity contribution in [1.29, 1.82) is 0 Å². The largest absolute Gasteiger partial charge is 0.491 e. The zero-order valence-electron chi connectivity index (χ0n) is 9.30. The number of rotatable bonds is 3. The summed E-state index contributed by atoms with van der Waals surface area (Å²) < 4.78 is 5.49. The summed E-state index contributed by atoms with van der Waals surface area (Å²) in [5, 5.41) is 12.9. The quantitative estimate of drug-likeness (QED) is 0.702. The second-order valence-corrected chi connectivity index (χ2v) is 4.39. The fourth-order valence-corrected chi connectivity index (χ4v) is 2.05. The molecule has 2 rings (SSSR count). The zero-order valence-corrected chi connectivity index (χ0v) is 10.2. The molecule has 0 saturated carbocycles. The first-order valence-electron chi connectivity index (χ1n) is 5.52. The number of ether oxygens (including phenoxy) is 1. The molecule has 2 unspecified atom stereocenters. The first-order chi connectivity index (χ1) is 8.22. The monoisotopic (exact) mass is 253 g/mol. The smallest absolute Gasteiger partial charge is 0.221 e. The molecule has 17 heavy (non-hydrogen) atoms. The summed E-state index contributed by atoms with van der Waals surface area (Å²) >= 11 is 3.99. The molecule has 0 saturated heterocycles. The van der Waals surface area contributed by atoms with Crippen LogP contribution in [0, 0.1) is 0 Å². The number of hydrogen-bond donors (Lipinski definition) is 3. The first kappa shape index (κ1) is 12.3.